The molecule has 0 spiro atoms. The van der Waals surface area contributed by atoms with E-state index in [1.165, 1.54) is 19.3 Å². The van der Waals surface area contributed by atoms with E-state index in [2.05, 4.69) is 10.6 Å². The first kappa shape index (κ1) is 16.4. The summed E-state index contributed by atoms with van der Waals surface area (Å²) in [4.78, 5) is 24.7. The number of amides is 1. The molecule has 1 amide bonds. The number of ether oxygens (including phenoxy) is 1. The molecule has 134 valence electrons. The van der Waals surface area contributed by atoms with Crippen molar-refractivity contribution < 1.29 is 14.3 Å². The summed E-state index contributed by atoms with van der Waals surface area (Å²) in [6.07, 6.45) is 7.31. The summed E-state index contributed by atoms with van der Waals surface area (Å²) < 4.78 is 5.26. The molecular weight excluding hydrogens is 316 g/mol. The molecule has 0 saturated heterocycles. The maximum Gasteiger partial charge on any atom is 0.340 e. The molecule has 0 heterocycles. The summed E-state index contributed by atoms with van der Waals surface area (Å²) in [5.74, 6) is 1.69. The lowest BCUT2D eigenvalue weighted by molar-refractivity contribution is -0.130. The van der Waals surface area contributed by atoms with E-state index in [-0.39, 0.29) is 18.1 Å². The molecule has 0 aliphatic heterocycles. The van der Waals surface area contributed by atoms with Gasteiger partial charge < -0.3 is 15.4 Å². The zero-order valence-corrected chi connectivity index (χ0v) is 14.7. The lowest BCUT2D eigenvalue weighted by Crippen LogP contribution is -2.60. The van der Waals surface area contributed by atoms with Gasteiger partial charge in [-0.1, -0.05) is 12.1 Å². The van der Waals surface area contributed by atoms with Crippen molar-refractivity contribution >= 4 is 17.6 Å². The van der Waals surface area contributed by atoms with Gasteiger partial charge in [-0.15, -0.1) is 0 Å². The van der Waals surface area contributed by atoms with Gasteiger partial charge in [0.1, 0.15) is 0 Å². The Morgan fingerprint density at radius 3 is 2.28 bits per heavy atom. The van der Waals surface area contributed by atoms with Crippen LogP contribution in [0, 0.1) is 17.8 Å². The molecule has 1 aromatic rings. The summed E-state index contributed by atoms with van der Waals surface area (Å²) >= 11 is 0. The molecule has 4 aliphatic carbocycles. The zero-order valence-electron chi connectivity index (χ0n) is 14.7. The number of carbonyl (C=O) groups excluding carboxylic acids is 2. The average molecular weight is 342 g/mol. The minimum absolute atomic E-state index is 0.0406. The van der Waals surface area contributed by atoms with Crippen molar-refractivity contribution in [3.05, 3.63) is 29.8 Å². The van der Waals surface area contributed by atoms with E-state index >= 15 is 0 Å². The molecule has 4 saturated carbocycles. The second-order valence-corrected chi connectivity index (χ2v) is 8.12. The van der Waals surface area contributed by atoms with Crippen LogP contribution in [0.1, 0.15) is 48.9 Å². The Kier molecular flexibility index (Phi) is 4.18. The van der Waals surface area contributed by atoms with Gasteiger partial charge in [0.2, 0.25) is 0 Å². The van der Waals surface area contributed by atoms with E-state index in [4.69, 9.17) is 4.74 Å². The lowest BCUT2D eigenvalue weighted by Gasteiger charge is -2.56. The lowest BCUT2D eigenvalue weighted by atomic mass is 9.53. The van der Waals surface area contributed by atoms with Gasteiger partial charge >= 0.3 is 5.97 Å². The van der Waals surface area contributed by atoms with E-state index in [9.17, 15) is 9.59 Å². The molecule has 0 radical (unpaired) electrons. The highest BCUT2D eigenvalue weighted by molar-refractivity contribution is 5.96. The summed E-state index contributed by atoms with van der Waals surface area (Å²) in [5.41, 5.74) is 1.11. The van der Waals surface area contributed by atoms with Crippen molar-refractivity contribution in [2.45, 2.75) is 44.1 Å². The minimum Gasteiger partial charge on any atom is -0.452 e. The molecule has 5 rings (SSSR count). The average Bonchev–Trinajstić information content (AvgIpc) is 2.58. The Balaban J connectivity index is 1.34. The van der Waals surface area contributed by atoms with Crippen molar-refractivity contribution in [3.8, 4) is 0 Å². The highest BCUT2D eigenvalue weighted by Gasteiger charge is 2.51. The SMILES string of the molecule is CNc1ccccc1C(=O)OCC(=O)NC12CC3CC(CC(C3)C1)C2. The number of hydrogen-bond acceptors (Lipinski definition) is 4. The Morgan fingerprint density at radius 1 is 1.08 bits per heavy atom. The van der Waals surface area contributed by atoms with Crippen LogP contribution in [0.4, 0.5) is 5.69 Å². The molecule has 0 atom stereocenters. The summed E-state index contributed by atoms with van der Waals surface area (Å²) in [7, 11) is 1.76. The second-order valence-electron chi connectivity index (χ2n) is 8.12. The van der Waals surface area contributed by atoms with Crippen LogP contribution in [0.15, 0.2) is 24.3 Å². The molecule has 0 unspecified atom stereocenters. The maximum atomic E-state index is 12.4. The van der Waals surface area contributed by atoms with E-state index in [0.29, 0.717) is 11.3 Å². The van der Waals surface area contributed by atoms with Crippen LogP contribution in [-0.4, -0.2) is 31.1 Å². The van der Waals surface area contributed by atoms with Gasteiger partial charge in [-0.3, -0.25) is 4.79 Å². The quantitative estimate of drug-likeness (QED) is 0.807. The highest BCUT2D eigenvalue weighted by Crippen LogP contribution is 2.55. The Labute approximate surface area is 148 Å². The minimum atomic E-state index is -0.467. The number of esters is 1. The van der Waals surface area contributed by atoms with Crippen LogP contribution in [0.5, 0.6) is 0 Å². The first-order chi connectivity index (χ1) is 12.1. The third kappa shape index (κ3) is 3.24. The molecule has 1 aromatic carbocycles. The van der Waals surface area contributed by atoms with E-state index in [1.807, 2.05) is 12.1 Å². The molecule has 4 fully saturated rings. The van der Waals surface area contributed by atoms with Gasteiger partial charge in [0.15, 0.2) is 6.61 Å². The molecule has 5 nitrogen and oxygen atoms in total. The normalized spacial score (nSPS) is 32.3. The number of para-hydroxylation sites is 1. The largest absolute Gasteiger partial charge is 0.452 e. The van der Waals surface area contributed by atoms with Crippen molar-refractivity contribution in [2.24, 2.45) is 17.8 Å². The number of nitrogens with one attached hydrogen (secondary N) is 2. The predicted octanol–water partition coefficient (Wildman–Crippen LogP) is 2.97. The Bertz CT molecular complexity index is 650. The van der Waals surface area contributed by atoms with Crippen LogP contribution in [0.25, 0.3) is 0 Å². The summed E-state index contributed by atoms with van der Waals surface area (Å²) in [5, 5.41) is 6.19. The molecule has 25 heavy (non-hydrogen) atoms. The first-order valence-electron chi connectivity index (χ1n) is 9.32. The Morgan fingerprint density at radius 2 is 1.68 bits per heavy atom. The zero-order chi connectivity index (χ0) is 17.4. The smallest absolute Gasteiger partial charge is 0.340 e. The second kappa shape index (κ2) is 6.36. The molecule has 2 N–H and O–H groups in total. The fourth-order valence-corrected chi connectivity index (χ4v) is 5.68. The van der Waals surface area contributed by atoms with E-state index < -0.39 is 5.97 Å². The fourth-order valence-electron chi connectivity index (χ4n) is 5.68. The van der Waals surface area contributed by atoms with Crippen LogP contribution < -0.4 is 10.6 Å². The van der Waals surface area contributed by atoms with Gasteiger partial charge in [0.25, 0.3) is 5.91 Å². The Hall–Kier alpha value is -2.04. The molecule has 0 aromatic heterocycles. The number of carbonyl (C=O) groups is 2. The van der Waals surface area contributed by atoms with E-state index in [1.54, 1.807) is 19.2 Å². The molecule has 4 aliphatic rings. The topological polar surface area (TPSA) is 67.4 Å². The van der Waals surface area contributed by atoms with Gasteiger partial charge in [-0.25, -0.2) is 4.79 Å². The third-order valence-electron chi connectivity index (χ3n) is 6.19. The maximum absolute atomic E-state index is 12.4. The summed E-state index contributed by atoms with van der Waals surface area (Å²) in [6.45, 7) is -0.210. The summed E-state index contributed by atoms with van der Waals surface area (Å²) in [6, 6.07) is 7.15. The van der Waals surface area contributed by atoms with Crippen molar-refractivity contribution in [2.75, 3.05) is 19.0 Å². The number of benzene rings is 1. The molecular formula is C20H26N2O3. The van der Waals surface area contributed by atoms with Crippen LogP contribution in [0.3, 0.4) is 0 Å². The number of hydrogen-bond donors (Lipinski definition) is 2. The first-order valence-corrected chi connectivity index (χ1v) is 9.32. The molecule has 4 bridgehead atoms. The fraction of sp³-hybridized carbons (Fsp3) is 0.600. The van der Waals surface area contributed by atoms with Crippen LogP contribution in [-0.2, 0) is 9.53 Å². The van der Waals surface area contributed by atoms with Gasteiger partial charge in [0.05, 0.1) is 5.56 Å². The molecule has 5 heteroatoms. The third-order valence-corrected chi connectivity index (χ3v) is 6.19. The standard InChI is InChI=1S/C20H26N2O3/c1-21-17-5-3-2-4-16(17)19(24)25-12-18(23)22-20-9-13-6-14(10-20)8-15(7-13)11-20/h2-5,13-15,21H,6-12H2,1H3,(H,22,23). The van der Waals surface area contributed by atoms with Crippen molar-refractivity contribution in [1.82, 2.24) is 5.32 Å². The number of rotatable bonds is 5. The van der Waals surface area contributed by atoms with Gasteiger partial charge in [-0.2, -0.15) is 0 Å². The highest BCUT2D eigenvalue weighted by atomic mass is 16.5. The predicted molar refractivity (Wildman–Crippen MR) is 95.3 cm³/mol. The van der Waals surface area contributed by atoms with Crippen molar-refractivity contribution in [3.63, 3.8) is 0 Å². The van der Waals surface area contributed by atoms with Gasteiger partial charge in [-0.05, 0) is 68.4 Å². The van der Waals surface area contributed by atoms with Crippen molar-refractivity contribution in [1.29, 1.82) is 0 Å². The van der Waals surface area contributed by atoms with E-state index in [0.717, 1.165) is 37.0 Å². The number of anilines is 1. The monoisotopic (exact) mass is 342 g/mol. The van der Waals surface area contributed by atoms with Gasteiger partial charge in [0, 0.05) is 18.3 Å². The van der Waals surface area contributed by atoms with Crippen LogP contribution >= 0.6 is 0 Å². The van der Waals surface area contributed by atoms with Crippen LogP contribution in [0.2, 0.25) is 0 Å².